The Kier molecular flexibility index (Phi) is 6.09. The zero-order chi connectivity index (χ0) is 17.7. The number of hydrogen-bond donors (Lipinski definition) is 2. The van der Waals surface area contributed by atoms with E-state index in [1.54, 1.807) is 24.3 Å². The van der Waals surface area contributed by atoms with Crippen LogP contribution >= 0.6 is 15.9 Å². The maximum atomic E-state index is 12.3. The van der Waals surface area contributed by atoms with E-state index < -0.39 is 0 Å². The molecule has 2 rings (SSSR count). The van der Waals surface area contributed by atoms with Crippen molar-refractivity contribution in [3.05, 3.63) is 57.8 Å². The first-order chi connectivity index (χ1) is 11.4. The van der Waals surface area contributed by atoms with Crippen LogP contribution in [-0.4, -0.2) is 23.3 Å². The van der Waals surface area contributed by atoms with Gasteiger partial charge in [0.25, 0.3) is 11.8 Å². The summed E-state index contributed by atoms with van der Waals surface area (Å²) in [4.78, 5) is 28.5. The lowest BCUT2D eigenvalue weighted by Crippen LogP contribution is -2.28. The first-order valence-electron chi connectivity index (χ1n) is 7.69. The summed E-state index contributed by atoms with van der Waals surface area (Å²) >= 11 is 3.42. The van der Waals surface area contributed by atoms with Gasteiger partial charge in [0.05, 0.1) is 0 Å². The van der Waals surface area contributed by atoms with Gasteiger partial charge in [-0.25, -0.2) is 4.98 Å². The third kappa shape index (κ3) is 4.89. The topological polar surface area (TPSA) is 71.1 Å². The van der Waals surface area contributed by atoms with E-state index in [-0.39, 0.29) is 23.2 Å². The third-order valence-corrected chi connectivity index (χ3v) is 4.19. The summed E-state index contributed by atoms with van der Waals surface area (Å²) in [5, 5.41) is 5.58. The van der Waals surface area contributed by atoms with Crippen LogP contribution in [0.5, 0.6) is 0 Å². The second kappa shape index (κ2) is 8.06. The fourth-order valence-electron chi connectivity index (χ4n) is 1.99. The highest BCUT2D eigenvalue weighted by Gasteiger charge is 2.13. The highest BCUT2D eigenvalue weighted by Crippen LogP contribution is 2.20. The summed E-state index contributed by atoms with van der Waals surface area (Å²) in [6, 6.07) is 10.4. The molecule has 0 fully saturated rings. The molecule has 0 bridgehead atoms. The monoisotopic (exact) mass is 389 g/mol. The highest BCUT2D eigenvalue weighted by molar-refractivity contribution is 9.10. The van der Waals surface area contributed by atoms with Crippen molar-refractivity contribution in [2.24, 2.45) is 5.92 Å². The van der Waals surface area contributed by atoms with Gasteiger partial charge in [-0.15, -0.1) is 0 Å². The van der Waals surface area contributed by atoms with Gasteiger partial charge in [-0.2, -0.15) is 0 Å². The Morgan fingerprint density at radius 2 is 1.79 bits per heavy atom. The van der Waals surface area contributed by atoms with Crippen LogP contribution in [0.15, 0.2) is 40.9 Å². The number of amides is 2. The van der Waals surface area contributed by atoms with Crippen LogP contribution in [0, 0.1) is 12.8 Å². The van der Waals surface area contributed by atoms with Crippen molar-refractivity contribution in [3.63, 3.8) is 0 Å². The second-order valence-electron chi connectivity index (χ2n) is 5.93. The van der Waals surface area contributed by atoms with Gasteiger partial charge in [0.1, 0.15) is 11.4 Å². The number of nitrogens with zero attached hydrogens (tertiary/aromatic N) is 1. The van der Waals surface area contributed by atoms with Gasteiger partial charge in [-0.1, -0.05) is 35.8 Å². The number of carbonyl (C=O) groups is 2. The maximum absolute atomic E-state index is 12.3. The molecule has 0 radical (unpaired) electrons. The fraction of sp³-hybridized carbons (Fsp3) is 0.278. The van der Waals surface area contributed by atoms with Crippen molar-refractivity contribution < 1.29 is 9.59 Å². The first-order valence-corrected chi connectivity index (χ1v) is 8.49. The maximum Gasteiger partial charge on any atom is 0.274 e. The molecule has 0 saturated carbocycles. The molecule has 0 aliphatic carbocycles. The van der Waals surface area contributed by atoms with Crippen molar-refractivity contribution in [1.82, 2.24) is 10.3 Å². The smallest absolute Gasteiger partial charge is 0.274 e. The summed E-state index contributed by atoms with van der Waals surface area (Å²) in [7, 11) is 0. The van der Waals surface area contributed by atoms with E-state index in [2.05, 4.69) is 31.5 Å². The molecule has 5 nitrogen and oxygen atoms in total. The van der Waals surface area contributed by atoms with Crippen molar-refractivity contribution in [2.75, 3.05) is 11.9 Å². The van der Waals surface area contributed by atoms with E-state index in [0.29, 0.717) is 18.2 Å². The molecule has 0 unspecified atom stereocenters. The Morgan fingerprint density at radius 1 is 1.12 bits per heavy atom. The number of halogens is 1. The van der Waals surface area contributed by atoms with E-state index >= 15 is 0 Å². The third-order valence-electron chi connectivity index (χ3n) is 3.30. The van der Waals surface area contributed by atoms with E-state index in [1.807, 2.05) is 32.9 Å². The van der Waals surface area contributed by atoms with Gasteiger partial charge in [0.2, 0.25) is 0 Å². The van der Waals surface area contributed by atoms with Gasteiger partial charge >= 0.3 is 0 Å². The van der Waals surface area contributed by atoms with Crippen molar-refractivity contribution in [3.8, 4) is 0 Å². The summed E-state index contributed by atoms with van der Waals surface area (Å²) in [6.07, 6.45) is 0. The number of aromatic nitrogens is 1. The van der Waals surface area contributed by atoms with Gasteiger partial charge in [-0.3, -0.25) is 9.59 Å². The molecule has 126 valence electrons. The number of anilines is 1. The first kappa shape index (κ1) is 18.1. The summed E-state index contributed by atoms with van der Waals surface area (Å²) in [6.45, 7) is 6.53. The normalized spacial score (nSPS) is 10.5. The molecule has 1 aromatic heterocycles. The van der Waals surface area contributed by atoms with E-state index in [1.165, 1.54) is 0 Å². The van der Waals surface area contributed by atoms with Gasteiger partial charge in [0.15, 0.2) is 0 Å². The average molecular weight is 390 g/mol. The molecule has 2 N–H and O–H groups in total. The number of rotatable bonds is 5. The molecule has 0 atom stereocenters. The summed E-state index contributed by atoms with van der Waals surface area (Å²) in [5.74, 6) is -0.283. The number of benzene rings is 1. The molecule has 0 aliphatic rings. The number of pyridine rings is 1. The van der Waals surface area contributed by atoms with E-state index in [0.717, 1.165) is 10.0 Å². The van der Waals surface area contributed by atoms with Crippen LogP contribution in [0.2, 0.25) is 0 Å². The lowest BCUT2D eigenvalue weighted by molar-refractivity contribution is 0.0944. The second-order valence-corrected chi connectivity index (χ2v) is 6.78. The van der Waals surface area contributed by atoms with Crippen LogP contribution in [0.4, 0.5) is 5.69 Å². The van der Waals surface area contributed by atoms with E-state index in [4.69, 9.17) is 0 Å². The van der Waals surface area contributed by atoms with Crippen molar-refractivity contribution in [2.45, 2.75) is 20.8 Å². The minimum absolute atomic E-state index is 0.202. The molecule has 2 aromatic rings. The number of hydrogen-bond acceptors (Lipinski definition) is 3. The molecule has 24 heavy (non-hydrogen) atoms. The molecule has 1 heterocycles. The van der Waals surface area contributed by atoms with Crippen LogP contribution in [0.25, 0.3) is 0 Å². The Morgan fingerprint density at radius 3 is 2.42 bits per heavy atom. The predicted molar refractivity (Wildman–Crippen MR) is 98.2 cm³/mol. The number of carbonyl (C=O) groups excluding carboxylic acids is 2. The molecule has 0 aliphatic heterocycles. The zero-order valence-electron chi connectivity index (χ0n) is 13.9. The van der Waals surface area contributed by atoms with Gasteiger partial charge in [-0.05, 0) is 48.7 Å². The SMILES string of the molecule is Cc1cc(NC(=O)c2cccc(C(=O)NCC(C)C)n2)ccc1Br. The van der Waals surface area contributed by atoms with Crippen LogP contribution in [0.1, 0.15) is 40.4 Å². The van der Waals surface area contributed by atoms with Crippen molar-refractivity contribution >= 4 is 33.4 Å². The number of aryl methyl sites for hydroxylation is 1. The standard InChI is InChI=1S/C18H20BrN3O2/c1-11(2)10-20-17(23)15-5-4-6-16(22-15)18(24)21-13-7-8-14(19)12(3)9-13/h4-9,11H,10H2,1-3H3,(H,20,23)(H,21,24). The molecular weight excluding hydrogens is 370 g/mol. The van der Waals surface area contributed by atoms with E-state index in [9.17, 15) is 9.59 Å². The highest BCUT2D eigenvalue weighted by atomic mass is 79.9. The predicted octanol–water partition coefficient (Wildman–Crippen LogP) is 3.79. The van der Waals surface area contributed by atoms with Crippen LogP contribution in [0.3, 0.4) is 0 Å². The Hall–Kier alpha value is -2.21. The van der Waals surface area contributed by atoms with Gasteiger partial charge < -0.3 is 10.6 Å². The number of nitrogens with one attached hydrogen (secondary N) is 2. The minimum atomic E-state index is -0.352. The molecule has 1 aromatic carbocycles. The summed E-state index contributed by atoms with van der Waals surface area (Å²) < 4.78 is 0.974. The lowest BCUT2D eigenvalue weighted by Gasteiger charge is -2.09. The van der Waals surface area contributed by atoms with Crippen LogP contribution in [-0.2, 0) is 0 Å². The Balaban J connectivity index is 2.11. The Labute approximate surface area is 150 Å². The fourth-order valence-corrected chi connectivity index (χ4v) is 2.24. The molecule has 2 amide bonds. The molecule has 6 heteroatoms. The zero-order valence-corrected chi connectivity index (χ0v) is 15.5. The minimum Gasteiger partial charge on any atom is -0.350 e. The molecule has 0 spiro atoms. The van der Waals surface area contributed by atoms with Crippen molar-refractivity contribution in [1.29, 1.82) is 0 Å². The summed E-state index contributed by atoms with van der Waals surface area (Å²) in [5.41, 5.74) is 2.13. The molecular formula is C18H20BrN3O2. The van der Waals surface area contributed by atoms with Gasteiger partial charge in [0, 0.05) is 16.7 Å². The van der Waals surface area contributed by atoms with Crippen LogP contribution < -0.4 is 10.6 Å². The average Bonchev–Trinajstić information content (AvgIpc) is 2.56. The molecule has 0 saturated heterocycles. The quantitative estimate of drug-likeness (QED) is 0.816. The lowest BCUT2D eigenvalue weighted by atomic mass is 10.2. The Bertz CT molecular complexity index is 760. The largest absolute Gasteiger partial charge is 0.350 e.